The number of carbonyl (C=O) groups is 1. The Morgan fingerprint density at radius 3 is 1.96 bits per heavy atom. The Hall–Kier alpha value is -1.83. The third kappa shape index (κ3) is 4.72. The molecule has 0 fully saturated rings. The molecular formula is C20H19NO3S3. The van der Waals surface area contributed by atoms with Crippen molar-refractivity contribution in [1.29, 1.82) is 0 Å². The van der Waals surface area contributed by atoms with Crippen LogP contribution in [0.15, 0.2) is 68.0 Å². The Balaban J connectivity index is 2.04. The van der Waals surface area contributed by atoms with Gasteiger partial charge in [0.15, 0.2) is 5.76 Å². The van der Waals surface area contributed by atoms with Crippen LogP contribution >= 0.6 is 35.3 Å². The molecule has 0 radical (unpaired) electrons. The third-order valence-electron chi connectivity index (χ3n) is 3.95. The quantitative estimate of drug-likeness (QED) is 0.472. The van der Waals surface area contributed by atoms with Gasteiger partial charge in [0, 0.05) is 20.9 Å². The van der Waals surface area contributed by atoms with Gasteiger partial charge in [0.25, 0.3) is 5.22 Å². The summed E-state index contributed by atoms with van der Waals surface area (Å²) < 4.78 is 5.98. The first-order chi connectivity index (χ1) is 13.0. The standard InChI is InChI=1S/C20H19NO3S3/c1-12(19(22)23)27-20-21-17(13-4-8-15(25-2)9-5-13)18(24-20)14-6-10-16(26-3)11-7-14/h4-12H,1-3H3,(H,22,23). The van der Waals surface area contributed by atoms with Gasteiger partial charge in [-0.1, -0.05) is 36.0 Å². The van der Waals surface area contributed by atoms with Crippen LogP contribution < -0.4 is 0 Å². The molecule has 0 aliphatic rings. The molecule has 0 aliphatic carbocycles. The lowest BCUT2D eigenvalue weighted by atomic mass is 10.1. The average Bonchev–Trinajstić information content (AvgIpc) is 3.11. The molecular weight excluding hydrogens is 398 g/mol. The topological polar surface area (TPSA) is 63.3 Å². The number of hydrogen-bond acceptors (Lipinski definition) is 6. The summed E-state index contributed by atoms with van der Waals surface area (Å²) in [6.45, 7) is 1.62. The molecule has 27 heavy (non-hydrogen) atoms. The monoisotopic (exact) mass is 417 g/mol. The van der Waals surface area contributed by atoms with Gasteiger partial charge in [-0.3, -0.25) is 4.79 Å². The maximum absolute atomic E-state index is 11.2. The SMILES string of the molecule is CSc1ccc(-c2nc(SC(C)C(=O)O)oc2-c2ccc(SC)cc2)cc1. The van der Waals surface area contributed by atoms with E-state index in [4.69, 9.17) is 4.42 Å². The summed E-state index contributed by atoms with van der Waals surface area (Å²) >= 11 is 4.46. The molecule has 7 heteroatoms. The van der Waals surface area contributed by atoms with Crippen LogP contribution in [-0.4, -0.2) is 33.8 Å². The lowest BCUT2D eigenvalue weighted by Crippen LogP contribution is -2.10. The molecule has 1 unspecified atom stereocenters. The highest BCUT2D eigenvalue weighted by atomic mass is 32.2. The molecule has 2 aromatic carbocycles. The van der Waals surface area contributed by atoms with Crippen LogP contribution in [0, 0.1) is 0 Å². The predicted octanol–water partition coefficient (Wildman–Crippen LogP) is 6.02. The number of hydrogen-bond donors (Lipinski definition) is 1. The molecule has 0 aliphatic heterocycles. The Morgan fingerprint density at radius 2 is 1.48 bits per heavy atom. The molecule has 4 nitrogen and oxygen atoms in total. The van der Waals surface area contributed by atoms with Crippen molar-refractivity contribution in [3.63, 3.8) is 0 Å². The van der Waals surface area contributed by atoms with Gasteiger partial charge in [-0.05, 0) is 43.7 Å². The zero-order chi connectivity index (χ0) is 19.4. The number of aliphatic carboxylic acids is 1. The Kier molecular flexibility index (Phi) is 6.57. The molecule has 0 spiro atoms. The summed E-state index contributed by atoms with van der Waals surface area (Å²) in [5.41, 5.74) is 2.58. The van der Waals surface area contributed by atoms with E-state index in [0.717, 1.165) is 28.6 Å². The largest absolute Gasteiger partial charge is 0.480 e. The number of thioether (sulfide) groups is 3. The van der Waals surface area contributed by atoms with Crippen molar-refractivity contribution < 1.29 is 14.3 Å². The Morgan fingerprint density at radius 1 is 0.963 bits per heavy atom. The number of carboxylic acid groups (broad SMARTS) is 1. The first-order valence-corrected chi connectivity index (χ1v) is 11.5. The van der Waals surface area contributed by atoms with Gasteiger partial charge < -0.3 is 9.52 Å². The highest BCUT2D eigenvalue weighted by Crippen LogP contribution is 2.37. The van der Waals surface area contributed by atoms with Gasteiger partial charge in [0.1, 0.15) is 10.9 Å². The fourth-order valence-electron chi connectivity index (χ4n) is 2.44. The number of rotatable bonds is 7. The number of carboxylic acids is 1. The van der Waals surface area contributed by atoms with E-state index in [1.165, 1.54) is 9.79 Å². The lowest BCUT2D eigenvalue weighted by molar-refractivity contribution is -0.136. The van der Waals surface area contributed by atoms with Gasteiger partial charge in [0.2, 0.25) is 0 Å². The Labute approximate surface area is 171 Å². The average molecular weight is 418 g/mol. The van der Waals surface area contributed by atoms with E-state index in [0.29, 0.717) is 11.0 Å². The lowest BCUT2D eigenvalue weighted by Gasteiger charge is -2.04. The molecule has 0 saturated heterocycles. The highest BCUT2D eigenvalue weighted by molar-refractivity contribution is 8.00. The maximum atomic E-state index is 11.2. The van der Waals surface area contributed by atoms with Gasteiger partial charge in [0.05, 0.1) is 0 Å². The minimum Gasteiger partial charge on any atom is -0.480 e. The molecule has 0 amide bonds. The van der Waals surface area contributed by atoms with E-state index >= 15 is 0 Å². The highest BCUT2D eigenvalue weighted by Gasteiger charge is 2.21. The van der Waals surface area contributed by atoms with Crippen LogP contribution in [0.1, 0.15) is 6.92 Å². The number of aromatic nitrogens is 1. The summed E-state index contributed by atoms with van der Waals surface area (Å²) in [7, 11) is 0. The second kappa shape index (κ2) is 8.91. The number of nitrogens with zero attached hydrogens (tertiary/aromatic N) is 1. The minimum atomic E-state index is -0.894. The van der Waals surface area contributed by atoms with Crippen molar-refractivity contribution in [2.45, 2.75) is 27.2 Å². The minimum absolute atomic E-state index is 0.359. The number of benzene rings is 2. The van der Waals surface area contributed by atoms with Crippen LogP contribution in [0.25, 0.3) is 22.6 Å². The fourth-order valence-corrected chi connectivity index (χ4v) is 3.93. The Bertz CT molecular complexity index is 856. The molecule has 3 rings (SSSR count). The summed E-state index contributed by atoms with van der Waals surface area (Å²) in [6, 6.07) is 16.2. The van der Waals surface area contributed by atoms with Gasteiger partial charge in [-0.15, -0.1) is 23.5 Å². The zero-order valence-electron chi connectivity index (χ0n) is 15.1. The van der Waals surface area contributed by atoms with Crippen molar-refractivity contribution in [3.8, 4) is 22.6 Å². The predicted molar refractivity (Wildman–Crippen MR) is 114 cm³/mol. The van der Waals surface area contributed by atoms with E-state index in [-0.39, 0.29) is 0 Å². The molecule has 1 atom stereocenters. The maximum Gasteiger partial charge on any atom is 0.316 e. The molecule has 1 N–H and O–H groups in total. The number of oxazole rings is 1. The first kappa shape index (κ1) is 19.9. The first-order valence-electron chi connectivity index (χ1n) is 8.21. The molecule has 1 heterocycles. The van der Waals surface area contributed by atoms with Gasteiger partial charge in [-0.2, -0.15) is 0 Å². The van der Waals surface area contributed by atoms with Crippen LogP contribution in [0.3, 0.4) is 0 Å². The van der Waals surface area contributed by atoms with Crippen LogP contribution in [0.2, 0.25) is 0 Å². The molecule has 0 saturated carbocycles. The van der Waals surface area contributed by atoms with Crippen molar-refractivity contribution in [2.24, 2.45) is 0 Å². The molecule has 3 aromatic rings. The van der Waals surface area contributed by atoms with Crippen molar-refractivity contribution in [2.75, 3.05) is 12.5 Å². The third-order valence-corrected chi connectivity index (χ3v) is 6.37. The summed E-state index contributed by atoms with van der Waals surface area (Å²) in [4.78, 5) is 18.1. The van der Waals surface area contributed by atoms with Crippen LogP contribution in [-0.2, 0) is 4.79 Å². The molecule has 0 bridgehead atoms. The normalized spacial score (nSPS) is 12.1. The molecule has 1 aromatic heterocycles. The fraction of sp³-hybridized carbons (Fsp3) is 0.200. The van der Waals surface area contributed by atoms with Gasteiger partial charge >= 0.3 is 5.97 Å². The van der Waals surface area contributed by atoms with Crippen molar-refractivity contribution in [1.82, 2.24) is 4.98 Å². The van der Waals surface area contributed by atoms with Crippen LogP contribution in [0.5, 0.6) is 0 Å². The van der Waals surface area contributed by atoms with Crippen molar-refractivity contribution in [3.05, 3.63) is 48.5 Å². The van der Waals surface area contributed by atoms with Crippen molar-refractivity contribution >= 4 is 41.3 Å². The second-order valence-electron chi connectivity index (χ2n) is 5.71. The van der Waals surface area contributed by atoms with E-state index in [9.17, 15) is 9.90 Å². The summed E-state index contributed by atoms with van der Waals surface area (Å²) in [5.74, 6) is -0.241. The van der Waals surface area contributed by atoms with Gasteiger partial charge in [-0.25, -0.2) is 4.98 Å². The van der Waals surface area contributed by atoms with Crippen LogP contribution in [0.4, 0.5) is 0 Å². The molecule has 140 valence electrons. The second-order valence-corrected chi connectivity index (χ2v) is 8.76. The zero-order valence-corrected chi connectivity index (χ0v) is 17.6. The van der Waals surface area contributed by atoms with E-state index in [2.05, 4.69) is 4.98 Å². The summed E-state index contributed by atoms with van der Waals surface area (Å²) in [6.07, 6.45) is 4.07. The van der Waals surface area contributed by atoms with E-state index in [1.54, 1.807) is 30.4 Å². The van der Waals surface area contributed by atoms with E-state index in [1.807, 2.05) is 61.0 Å². The summed E-state index contributed by atoms with van der Waals surface area (Å²) in [5, 5.41) is 8.90. The van der Waals surface area contributed by atoms with E-state index < -0.39 is 11.2 Å². The smallest absolute Gasteiger partial charge is 0.316 e.